The second-order valence-electron chi connectivity index (χ2n) is 6.88. The van der Waals surface area contributed by atoms with Crippen molar-refractivity contribution in [3.8, 4) is 0 Å². The van der Waals surface area contributed by atoms with Crippen LogP contribution in [0.5, 0.6) is 0 Å². The van der Waals surface area contributed by atoms with E-state index in [4.69, 9.17) is 4.99 Å². The summed E-state index contributed by atoms with van der Waals surface area (Å²) in [6.07, 6.45) is 0. The van der Waals surface area contributed by atoms with Crippen LogP contribution in [0.2, 0.25) is 0 Å². The van der Waals surface area contributed by atoms with Gasteiger partial charge in [0.25, 0.3) is 0 Å². The highest BCUT2D eigenvalue weighted by Gasteiger charge is 2.13. The fourth-order valence-electron chi connectivity index (χ4n) is 3.14. The Bertz CT molecular complexity index is 948. The highest BCUT2D eigenvalue weighted by Crippen LogP contribution is 2.26. The second-order valence-corrected chi connectivity index (χ2v) is 6.88. The smallest absolute Gasteiger partial charge is 0.0786 e. The van der Waals surface area contributed by atoms with Crippen LogP contribution in [0.25, 0.3) is 0 Å². The van der Waals surface area contributed by atoms with E-state index in [-0.39, 0.29) is 0 Å². The minimum absolute atomic E-state index is 1.04. The molecule has 0 heterocycles. The number of rotatable bonds is 3. The molecule has 3 rings (SSSR count). The van der Waals surface area contributed by atoms with E-state index in [0.717, 1.165) is 11.4 Å². The molecule has 0 saturated heterocycles. The first-order chi connectivity index (χ1) is 12.0. The van der Waals surface area contributed by atoms with Gasteiger partial charge >= 0.3 is 0 Å². The second kappa shape index (κ2) is 7.06. The lowest BCUT2D eigenvalue weighted by molar-refractivity contribution is 1.32. The van der Waals surface area contributed by atoms with Crippen LogP contribution in [0, 0.1) is 34.6 Å². The van der Waals surface area contributed by atoms with Crippen LogP contribution in [0.1, 0.15) is 38.9 Å². The number of aliphatic imine (C=N–C) groups is 1. The van der Waals surface area contributed by atoms with Crippen LogP contribution in [0.4, 0.5) is 5.69 Å². The van der Waals surface area contributed by atoms with Crippen molar-refractivity contribution in [3.05, 3.63) is 99.6 Å². The lowest BCUT2D eigenvalue weighted by Gasteiger charge is -2.14. The molecule has 0 aliphatic heterocycles. The van der Waals surface area contributed by atoms with Crippen molar-refractivity contribution in [1.29, 1.82) is 0 Å². The van der Waals surface area contributed by atoms with E-state index in [0.29, 0.717) is 0 Å². The van der Waals surface area contributed by atoms with Crippen molar-refractivity contribution in [2.75, 3.05) is 0 Å². The predicted molar refractivity (Wildman–Crippen MR) is 108 cm³/mol. The van der Waals surface area contributed by atoms with E-state index in [1.165, 1.54) is 38.9 Å². The molecule has 1 nitrogen and oxygen atoms in total. The lowest BCUT2D eigenvalue weighted by atomic mass is 9.94. The summed E-state index contributed by atoms with van der Waals surface area (Å²) in [6, 6.07) is 21.5. The molecule has 0 bridgehead atoms. The summed E-state index contributed by atoms with van der Waals surface area (Å²) in [5, 5.41) is 0. The molecule has 0 aromatic heterocycles. The Morgan fingerprint density at radius 2 is 1.24 bits per heavy atom. The Morgan fingerprint density at radius 3 is 1.96 bits per heavy atom. The molecule has 0 saturated carbocycles. The molecule has 0 aliphatic carbocycles. The summed E-state index contributed by atoms with van der Waals surface area (Å²) in [4.78, 5) is 5.13. The molecule has 0 fully saturated rings. The number of nitrogens with zero attached hydrogens (tertiary/aromatic N) is 1. The Kier molecular flexibility index (Phi) is 4.85. The highest BCUT2D eigenvalue weighted by molar-refractivity contribution is 6.15. The molecule has 3 aromatic carbocycles. The monoisotopic (exact) mass is 327 g/mol. The predicted octanol–water partition coefficient (Wildman–Crippen LogP) is 6.40. The third-order valence-corrected chi connectivity index (χ3v) is 4.63. The first kappa shape index (κ1) is 17.2. The van der Waals surface area contributed by atoms with Crippen LogP contribution in [0.15, 0.2) is 65.7 Å². The molecule has 3 aromatic rings. The zero-order chi connectivity index (χ0) is 18.0. The van der Waals surface area contributed by atoms with Gasteiger partial charge in [-0.1, -0.05) is 60.2 Å². The summed E-state index contributed by atoms with van der Waals surface area (Å²) < 4.78 is 0. The highest BCUT2D eigenvalue weighted by atomic mass is 14.8. The topological polar surface area (TPSA) is 12.4 Å². The maximum atomic E-state index is 5.13. The van der Waals surface area contributed by atoms with Gasteiger partial charge in [-0.25, -0.2) is 4.99 Å². The normalized spacial score (nSPS) is 11.6. The molecule has 0 amide bonds. The van der Waals surface area contributed by atoms with E-state index < -0.39 is 0 Å². The fraction of sp³-hybridized carbons (Fsp3) is 0.208. The summed E-state index contributed by atoms with van der Waals surface area (Å²) >= 11 is 0. The SMILES string of the molecule is Cc1ccc(C(=Nc2cc(C)ccc2C)c2ccccc2C)c(C)c1. The number of hydrogen-bond donors (Lipinski definition) is 0. The average molecular weight is 327 g/mol. The van der Waals surface area contributed by atoms with Gasteiger partial charge in [0.15, 0.2) is 0 Å². The third-order valence-electron chi connectivity index (χ3n) is 4.63. The van der Waals surface area contributed by atoms with Gasteiger partial charge in [0.2, 0.25) is 0 Å². The molecule has 0 radical (unpaired) electrons. The molecule has 25 heavy (non-hydrogen) atoms. The van der Waals surface area contributed by atoms with Crippen molar-refractivity contribution < 1.29 is 0 Å². The number of benzene rings is 3. The summed E-state index contributed by atoms with van der Waals surface area (Å²) in [5.41, 5.74) is 10.7. The van der Waals surface area contributed by atoms with Crippen molar-refractivity contribution >= 4 is 11.4 Å². The van der Waals surface area contributed by atoms with Crippen LogP contribution >= 0.6 is 0 Å². The number of aryl methyl sites for hydroxylation is 5. The van der Waals surface area contributed by atoms with Gasteiger partial charge in [0, 0.05) is 11.1 Å². The quantitative estimate of drug-likeness (QED) is 0.494. The van der Waals surface area contributed by atoms with Crippen LogP contribution in [0.3, 0.4) is 0 Å². The molecule has 0 N–H and O–H groups in total. The van der Waals surface area contributed by atoms with Crippen molar-refractivity contribution in [2.45, 2.75) is 34.6 Å². The van der Waals surface area contributed by atoms with Gasteiger partial charge in [-0.2, -0.15) is 0 Å². The third kappa shape index (κ3) is 3.71. The maximum absolute atomic E-state index is 5.13. The lowest BCUT2D eigenvalue weighted by Crippen LogP contribution is -2.07. The first-order valence-corrected chi connectivity index (χ1v) is 8.75. The fourth-order valence-corrected chi connectivity index (χ4v) is 3.14. The molecular weight excluding hydrogens is 302 g/mol. The molecule has 0 spiro atoms. The van der Waals surface area contributed by atoms with Crippen molar-refractivity contribution in [2.24, 2.45) is 4.99 Å². The number of hydrogen-bond acceptors (Lipinski definition) is 1. The average Bonchev–Trinajstić information content (AvgIpc) is 2.57. The standard InChI is InChI=1S/C24H25N/c1-16-11-13-22(20(5)14-16)24(21-9-7-6-8-18(21)3)25-23-15-17(2)10-12-19(23)4/h6-15H,1-5H3. The van der Waals surface area contributed by atoms with E-state index in [9.17, 15) is 0 Å². The van der Waals surface area contributed by atoms with Crippen LogP contribution in [-0.4, -0.2) is 5.71 Å². The van der Waals surface area contributed by atoms with Gasteiger partial charge in [0.05, 0.1) is 11.4 Å². The molecular formula is C24H25N. The van der Waals surface area contributed by atoms with E-state index in [2.05, 4.69) is 95.3 Å². The Labute approximate surface area is 151 Å². The molecule has 0 unspecified atom stereocenters. The summed E-state index contributed by atoms with van der Waals surface area (Å²) in [5.74, 6) is 0. The maximum Gasteiger partial charge on any atom is 0.0786 e. The zero-order valence-electron chi connectivity index (χ0n) is 15.7. The Hall–Kier alpha value is -2.67. The van der Waals surface area contributed by atoms with Gasteiger partial charge < -0.3 is 0 Å². The van der Waals surface area contributed by atoms with E-state index >= 15 is 0 Å². The van der Waals surface area contributed by atoms with Gasteiger partial charge in [0.1, 0.15) is 0 Å². The van der Waals surface area contributed by atoms with E-state index in [1.54, 1.807) is 0 Å². The zero-order valence-corrected chi connectivity index (χ0v) is 15.7. The molecule has 0 aliphatic rings. The molecule has 1 heteroatoms. The summed E-state index contributed by atoms with van der Waals surface area (Å²) in [6.45, 7) is 10.7. The minimum atomic E-state index is 1.04. The Morgan fingerprint density at radius 1 is 0.600 bits per heavy atom. The minimum Gasteiger partial charge on any atom is -0.247 e. The van der Waals surface area contributed by atoms with E-state index in [1.807, 2.05) is 0 Å². The first-order valence-electron chi connectivity index (χ1n) is 8.75. The summed E-state index contributed by atoms with van der Waals surface area (Å²) in [7, 11) is 0. The Balaban J connectivity index is 2.28. The van der Waals surface area contributed by atoms with Crippen LogP contribution in [-0.2, 0) is 0 Å². The van der Waals surface area contributed by atoms with Gasteiger partial charge in [-0.05, 0) is 62.9 Å². The van der Waals surface area contributed by atoms with Gasteiger partial charge in [-0.15, -0.1) is 0 Å². The largest absolute Gasteiger partial charge is 0.247 e. The molecule has 0 atom stereocenters. The van der Waals surface area contributed by atoms with Crippen molar-refractivity contribution in [1.82, 2.24) is 0 Å². The van der Waals surface area contributed by atoms with Crippen molar-refractivity contribution in [3.63, 3.8) is 0 Å². The molecule has 126 valence electrons. The van der Waals surface area contributed by atoms with Gasteiger partial charge in [-0.3, -0.25) is 0 Å². The van der Waals surface area contributed by atoms with Crippen LogP contribution < -0.4 is 0 Å².